The number of aromatic nitrogens is 2. The predicted octanol–water partition coefficient (Wildman–Crippen LogP) is 2.95. The highest BCUT2D eigenvalue weighted by Gasteiger charge is 2.34. The summed E-state index contributed by atoms with van der Waals surface area (Å²) in [5.41, 5.74) is 1.97. The molecule has 0 spiro atoms. The van der Waals surface area contributed by atoms with E-state index in [0.29, 0.717) is 24.1 Å². The zero-order chi connectivity index (χ0) is 20.1. The van der Waals surface area contributed by atoms with Crippen LogP contribution in [0.3, 0.4) is 0 Å². The maximum absolute atomic E-state index is 12.8. The first-order valence-corrected chi connectivity index (χ1v) is 12.2. The van der Waals surface area contributed by atoms with Crippen molar-refractivity contribution in [1.82, 2.24) is 15.1 Å². The summed E-state index contributed by atoms with van der Waals surface area (Å²) in [6.45, 7) is 4.63. The van der Waals surface area contributed by atoms with Crippen LogP contribution in [0.25, 0.3) is 11.5 Å². The number of rotatable bonds is 8. The van der Waals surface area contributed by atoms with Gasteiger partial charge in [0.15, 0.2) is 9.84 Å². The van der Waals surface area contributed by atoms with Crippen molar-refractivity contribution in [2.45, 2.75) is 44.4 Å². The predicted molar refractivity (Wildman–Crippen MR) is 109 cm³/mol. The SMILES string of the molecule is CCCCN(C(=O)CSc1nnc(-c2ccc(C)cc2)o1)[C@@H]1CCS(=O)(=O)C1. The van der Waals surface area contributed by atoms with Gasteiger partial charge in [-0.1, -0.05) is 42.8 Å². The van der Waals surface area contributed by atoms with Crippen molar-refractivity contribution in [3.05, 3.63) is 29.8 Å². The van der Waals surface area contributed by atoms with Crippen LogP contribution in [0.4, 0.5) is 0 Å². The quantitative estimate of drug-likeness (QED) is 0.603. The summed E-state index contributed by atoms with van der Waals surface area (Å²) in [6, 6.07) is 7.54. The molecule has 3 rings (SSSR count). The number of thioether (sulfide) groups is 1. The molecule has 1 fully saturated rings. The Morgan fingerprint density at radius 2 is 2.04 bits per heavy atom. The second-order valence-electron chi connectivity index (χ2n) is 7.03. The molecule has 0 saturated carbocycles. The molecule has 1 aromatic heterocycles. The fourth-order valence-corrected chi connectivity index (χ4v) is 5.53. The molecule has 152 valence electrons. The van der Waals surface area contributed by atoms with Crippen molar-refractivity contribution < 1.29 is 17.6 Å². The highest BCUT2D eigenvalue weighted by atomic mass is 32.2. The molecule has 0 N–H and O–H groups in total. The van der Waals surface area contributed by atoms with E-state index < -0.39 is 9.84 Å². The van der Waals surface area contributed by atoms with E-state index in [4.69, 9.17) is 4.42 Å². The summed E-state index contributed by atoms with van der Waals surface area (Å²) < 4.78 is 29.3. The summed E-state index contributed by atoms with van der Waals surface area (Å²) in [6.07, 6.45) is 2.31. The lowest BCUT2D eigenvalue weighted by atomic mass is 10.1. The van der Waals surface area contributed by atoms with Gasteiger partial charge in [-0.15, -0.1) is 10.2 Å². The Balaban J connectivity index is 1.62. The minimum atomic E-state index is -3.04. The Labute approximate surface area is 169 Å². The fourth-order valence-electron chi connectivity index (χ4n) is 3.15. The number of unbranched alkanes of at least 4 members (excludes halogenated alkanes) is 1. The van der Waals surface area contributed by atoms with Crippen LogP contribution in [0, 0.1) is 6.92 Å². The zero-order valence-electron chi connectivity index (χ0n) is 16.1. The monoisotopic (exact) mass is 423 g/mol. The Morgan fingerprint density at radius 3 is 2.68 bits per heavy atom. The van der Waals surface area contributed by atoms with E-state index in [9.17, 15) is 13.2 Å². The standard InChI is InChI=1S/C19H25N3O4S2/c1-3-4-10-22(16-9-11-28(24,25)13-16)17(23)12-27-19-21-20-18(26-19)15-7-5-14(2)6-8-15/h5-8,16H,3-4,9-13H2,1-2H3/t16-/m1/s1. The molecule has 0 radical (unpaired) electrons. The number of carbonyl (C=O) groups is 1. The average molecular weight is 424 g/mol. The lowest BCUT2D eigenvalue weighted by molar-refractivity contribution is -0.130. The summed E-state index contributed by atoms with van der Waals surface area (Å²) >= 11 is 1.19. The third-order valence-electron chi connectivity index (χ3n) is 4.75. The molecule has 2 heterocycles. The molecule has 9 heteroatoms. The maximum Gasteiger partial charge on any atom is 0.277 e. The van der Waals surface area contributed by atoms with E-state index >= 15 is 0 Å². The minimum Gasteiger partial charge on any atom is -0.411 e. The number of amides is 1. The Bertz CT molecular complexity index is 910. The number of carbonyl (C=O) groups excluding carboxylic acids is 1. The number of nitrogens with zero attached hydrogens (tertiary/aromatic N) is 3. The molecule has 1 aromatic carbocycles. The van der Waals surface area contributed by atoms with Gasteiger partial charge in [-0.05, 0) is 31.9 Å². The van der Waals surface area contributed by atoms with E-state index in [0.717, 1.165) is 24.0 Å². The van der Waals surface area contributed by atoms with Crippen LogP contribution >= 0.6 is 11.8 Å². The van der Waals surface area contributed by atoms with E-state index in [1.54, 1.807) is 4.90 Å². The molecular weight excluding hydrogens is 398 g/mol. The Kier molecular flexibility index (Phi) is 6.77. The summed E-state index contributed by atoms with van der Waals surface area (Å²) in [4.78, 5) is 14.5. The van der Waals surface area contributed by atoms with Crippen LogP contribution in [0.1, 0.15) is 31.7 Å². The first-order chi connectivity index (χ1) is 13.4. The molecule has 0 aliphatic carbocycles. The number of hydrogen-bond donors (Lipinski definition) is 0. The van der Waals surface area contributed by atoms with E-state index in [-0.39, 0.29) is 29.2 Å². The highest BCUT2D eigenvalue weighted by Crippen LogP contribution is 2.25. The lowest BCUT2D eigenvalue weighted by Gasteiger charge is -2.28. The van der Waals surface area contributed by atoms with Crippen molar-refractivity contribution in [3.8, 4) is 11.5 Å². The molecule has 1 saturated heterocycles. The largest absolute Gasteiger partial charge is 0.411 e. The van der Waals surface area contributed by atoms with Crippen LogP contribution < -0.4 is 0 Å². The third kappa shape index (κ3) is 5.35. The second-order valence-corrected chi connectivity index (χ2v) is 10.2. The Hall–Kier alpha value is -1.87. The van der Waals surface area contributed by atoms with Gasteiger partial charge < -0.3 is 9.32 Å². The number of hydrogen-bond acceptors (Lipinski definition) is 7. The number of aryl methyl sites for hydroxylation is 1. The van der Waals surface area contributed by atoms with Crippen LogP contribution in [-0.4, -0.2) is 59.3 Å². The van der Waals surface area contributed by atoms with Gasteiger partial charge in [-0.2, -0.15) is 0 Å². The molecule has 2 aromatic rings. The normalized spacial score (nSPS) is 18.3. The van der Waals surface area contributed by atoms with Crippen molar-refractivity contribution in [3.63, 3.8) is 0 Å². The van der Waals surface area contributed by atoms with Gasteiger partial charge in [0.1, 0.15) is 0 Å². The van der Waals surface area contributed by atoms with Crippen molar-refractivity contribution >= 4 is 27.5 Å². The number of sulfone groups is 1. The van der Waals surface area contributed by atoms with Gasteiger partial charge in [0.05, 0.1) is 17.3 Å². The molecule has 28 heavy (non-hydrogen) atoms. The minimum absolute atomic E-state index is 0.0608. The highest BCUT2D eigenvalue weighted by molar-refractivity contribution is 7.99. The van der Waals surface area contributed by atoms with Gasteiger partial charge in [-0.25, -0.2) is 8.42 Å². The maximum atomic E-state index is 12.8. The van der Waals surface area contributed by atoms with Crippen molar-refractivity contribution in [2.24, 2.45) is 0 Å². The van der Waals surface area contributed by atoms with E-state index in [2.05, 4.69) is 10.2 Å². The fraction of sp³-hybridized carbons (Fsp3) is 0.526. The molecule has 1 amide bonds. The molecule has 0 unspecified atom stereocenters. The summed E-state index contributed by atoms with van der Waals surface area (Å²) in [7, 11) is -3.04. The number of benzene rings is 1. The molecular formula is C19H25N3O4S2. The van der Waals surface area contributed by atoms with Crippen LogP contribution in [0.15, 0.2) is 33.9 Å². The van der Waals surface area contributed by atoms with Gasteiger partial charge >= 0.3 is 0 Å². The first kappa shape index (κ1) is 20.9. The average Bonchev–Trinajstić information content (AvgIpc) is 3.27. The van der Waals surface area contributed by atoms with Crippen LogP contribution in [-0.2, 0) is 14.6 Å². The molecule has 1 aliphatic heterocycles. The van der Waals surface area contributed by atoms with Crippen molar-refractivity contribution in [1.29, 1.82) is 0 Å². The second kappa shape index (κ2) is 9.09. The molecule has 0 bridgehead atoms. The van der Waals surface area contributed by atoms with E-state index in [1.165, 1.54) is 11.8 Å². The third-order valence-corrected chi connectivity index (χ3v) is 7.30. The summed E-state index contributed by atoms with van der Waals surface area (Å²) in [5, 5.41) is 8.38. The molecule has 7 nitrogen and oxygen atoms in total. The summed E-state index contributed by atoms with van der Waals surface area (Å²) in [5.74, 6) is 0.695. The van der Waals surface area contributed by atoms with E-state index in [1.807, 2.05) is 38.1 Å². The molecule has 1 atom stereocenters. The van der Waals surface area contributed by atoms with Crippen LogP contribution in [0.2, 0.25) is 0 Å². The van der Waals surface area contributed by atoms with Crippen molar-refractivity contribution in [2.75, 3.05) is 23.8 Å². The zero-order valence-corrected chi connectivity index (χ0v) is 17.8. The first-order valence-electron chi connectivity index (χ1n) is 9.41. The van der Waals surface area contributed by atoms with Crippen LogP contribution in [0.5, 0.6) is 0 Å². The smallest absolute Gasteiger partial charge is 0.277 e. The Morgan fingerprint density at radius 1 is 1.29 bits per heavy atom. The van der Waals surface area contributed by atoms with Gasteiger partial charge in [0.2, 0.25) is 11.8 Å². The van der Waals surface area contributed by atoms with Gasteiger partial charge in [0.25, 0.3) is 5.22 Å². The molecule has 1 aliphatic rings. The van der Waals surface area contributed by atoms with Gasteiger partial charge in [0, 0.05) is 18.2 Å². The topological polar surface area (TPSA) is 93.4 Å². The van der Waals surface area contributed by atoms with Gasteiger partial charge in [-0.3, -0.25) is 4.79 Å². The lowest BCUT2D eigenvalue weighted by Crippen LogP contribution is -2.42.